The first-order chi connectivity index (χ1) is 9.33. The van der Waals surface area contributed by atoms with Gasteiger partial charge in [-0.3, -0.25) is 0 Å². The maximum Gasteiger partial charge on any atom is -0.00668 e. The molecule has 0 fully saturated rings. The molecule has 0 nitrogen and oxygen atoms in total. The Hall–Kier alpha value is -2.34. The van der Waals surface area contributed by atoms with Crippen LogP contribution in [-0.2, 0) is 0 Å². The quantitative estimate of drug-likeness (QED) is 0.585. The van der Waals surface area contributed by atoms with Gasteiger partial charge in [-0.25, -0.2) is 0 Å². The van der Waals surface area contributed by atoms with Gasteiger partial charge in [-0.2, -0.15) is 0 Å². The van der Waals surface area contributed by atoms with Crippen LogP contribution in [0.4, 0.5) is 0 Å². The molecule has 19 heavy (non-hydrogen) atoms. The van der Waals surface area contributed by atoms with E-state index in [4.69, 9.17) is 0 Å². The Morgan fingerprint density at radius 1 is 0.632 bits per heavy atom. The van der Waals surface area contributed by atoms with Crippen LogP contribution in [0.2, 0.25) is 0 Å². The lowest BCUT2D eigenvalue weighted by Crippen LogP contribution is -1.84. The van der Waals surface area contributed by atoms with E-state index in [1.54, 1.807) is 0 Å². The van der Waals surface area contributed by atoms with Gasteiger partial charge in [-0.05, 0) is 46.9 Å². The van der Waals surface area contributed by atoms with Crippen LogP contribution in [0.15, 0.2) is 72.8 Å². The third kappa shape index (κ3) is 2.58. The molecule has 0 unspecified atom stereocenters. The van der Waals surface area contributed by atoms with E-state index in [1.165, 1.54) is 22.3 Å². The lowest BCUT2D eigenvalue weighted by atomic mass is 9.97. The summed E-state index contributed by atoms with van der Waals surface area (Å²) in [5.41, 5.74) is 6.02. The van der Waals surface area contributed by atoms with Gasteiger partial charge >= 0.3 is 0 Å². The van der Waals surface area contributed by atoms with Crippen molar-refractivity contribution in [2.45, 2.75) is 6.92 Å². The van der Waals surface area contributed by atoms with Gasteiger partial charge in [-0.1, -0.05) is 66.7 Å². The fourth-order valence-electron chi connectivity index (χ4n) is 2.29. The first-order valence-electron chi connectivity index (χ1n) is 6.48. The normalized spacial score (nSPS) is 10.4. The maximum absolute atomic E-state index is 3.43. The molecule has 3 aromatic carbocycles. The summed E-state index contributed by atoms with van der Waals surface area (Å²) in [5, 5.41) is 0. The summed E-state index contributed by atoms with van der Waals surface area (Å²) in [4.78, 5) is 0. The standard InChI is InChI=1S/C19H15/c1-15-12-18(16-8-4-2-5-9-16)14-19(13-15)17-10-6-3-7-11-17/h2-12,14H,1H3. The van der Waals surface area contributed by atoms with Gasteiger partial charge in [0.2, 0.25) is 0 Å². The second-order valence-corrected chi connectivity index (χ2v) is 4.70. The number of hydrogen-bond donors (Lipinski definition) is 0. The Kier molecular flexibility index (Phi) is 3.16. The van der Waals surface area contributed by atoms with E-state index < -0.39 is 0 Å². The summed E-state index contributed by atoms with van der Waals surface area (Å²) in [6, 6.07) is 28.7. The number of benzene rings is 3. The van der Waals surface area contributed by atoms with Crippen molar-refractivity contribution >= 4 is 0 Å². The minimum absolute atomic E-state index is 1.15. The van der Waals surface area contributed by atoms with E-state index in [1.807, 2.05) is 12.1 Å². The van der Waals surface area contributed by atoms with Crippen molar-refractivity contribution in [3.8, 4) is 22.3 Å². The molecule has 1 radical (unpaired) electrons. The van der Waals surface area contributed by atoms with Crippen molar-refractivity contribution in [2.75, 3.05) is 0 Å². The second-order valence-electron chi connectivity index (χ2n) is 4.70. The average Bonchev–Trinajstić information content (AvgIpc) is 2.48. The first-order valence-corrected chi connectivity index (χ1v) is 6.48. The summed E-state index contributed by atoms with van der Waals surface area (Å²) in [5.74, 6) is 0. The predicted molar refractivity (Wildman–Crippen MR) is 80.9 cm³/mol. The summed E-state index contributed by atoms with van der Waals surface area (Å²) >= 11 is 0. The smallest absolute Gasteiger partial charge is 0.00668 e. The summed E-state index contributed by atoms with van der Waals surface area (Å²) in [7, 11) is 0. The minimum atomic E-state index is 1.15. The first kappa shape index (κ1) is 11.7. The summed E-state index contributed by atoms with van der Waals surface area (Å²) < 4.78 is 0. The number of hydrogen-bond acceptors (Lipinski definition) is 0. The molecule has 0 bridgehead atoms. The van der Waals surface area contributed by atoms with Gasteiger partial charge in [0.25, 0.3) is 0 Å². The third-order valence-corrected chi connectivity index (χ3v) is 3.20. The average molecular weight is 243 g/mol. The second kappa shape index (κ2) is 5.11. The highest BCUT2D eigenvalue weighted by molar-refractivity contribution is 5.73. The van der Waals surface area contributed by atoms with Crippen molar-refractivity contribution in [3.05, 3.63) is 84.4 Å². The fraction of sp³-hybridized carbons (Fsp3) is 0.0526. The molecule has 0 aliphatic heterocycles. The van der Waals surface area contributed by atoms with Crippen molar-refractivity contribution < 1.29 is 0 Å². The van der Waals surface area contributed by atoms with E-state index in [9.17, 15) is 0 Å². The minimum Gasteiger partial charge on any atom is -0.0622 e. The molecule has 3 rings (SSSR count). The predicted octanol–water partition coefficient (Wildman–Crippen LogP) is 5.13. The van der Waals surface area contributed by atoms with Crippen LogP contribution < -0.4 is 0 Å². The molecule has 0 aromatic heterocycles. The van der Waals surface area contributed by atoms with Gasteiger partial charge in [0, 0.05) is 0 Å². The molecule has 0 N–H and O–H groups in total. The number of aryl methyl sites for hydroxylation is 1. The summed E-state index contributed by atoms with van der Waals surface area (Å²) in [6.45, 7) is 2.10. The lowest BCUT2D eigenvalue weighted by Gasteiger charge is -2.08. The topological polar surface area (TPSA) is 0 Å². The maximum atomic E-state index is 3.43. The zero-order valence-electron chi connectivity index (χ0n) is 10.9. The highest BCUT2D eigenvalue weighted by Crippen LogP contribution is 2.27. The molecule has 3 aromatic rings. The van der Waals surface area contributed by atoms with Crippen molar-refractivity contribution in [1.29, 1.82) is 0 Å². The van der Waals surface area contributed by atoms with Crippen LogP contribution in [-0.4, -0.2) is 0 Å². The highest BCUT2D eigenvalue weighted by Gasteiger charge is 2.03. The Bertz CT molecular complexity index is 609. The van der Waals surface area contributed by atoms with Crippen molar-refractivity contribution in [1.82, 2.24) is 0 Å². The van der Waals surface area contributed by atoms with Gasteiger partial charge in [0.1, 0.15) is 0 Å². The largest absolute Gasteiger partial charge is 0.0622 e. The van der Waals surface area contributed by atoms with Crippen molar-refractivity contribution in [2.24, 2.45) is 0 Å². The van der Waals surface area contributed by atoms with E-state index in [0.717, 1.165) is 5.56 Å². The van der Waals surface area contributed by atoms with Crippen LogP contribution >= 0.6 is 0 Å². The van der Waals surface area contributed by atoms with Gasteiger partial charge < -0.3 is 0 Å². The molecular weight excluding hydrogens is 228 g/mol. The van der Waals surface area contributed by atoms with Crippen LogP contribution in [0.25, 0.3) is 22.3 Å². The molecule has 0 saturated carbocycles. The van der Waals surface area contributed by atoms with Crippen LogP contribution in [0, 0.1) is 13.0 Å². The molecule has 0 heteroatoms. The SMILES string of the molecule is Cc1[c]c(-c2ccccc2)cc(-c2ccccc2)c1. The van der Waals surface area contributed by atoms with E-state index >= 15 is 0 Å². The molecule has 0 atom stereocenters. The molecule has 91 valence electrons. The Morgan fingerprint density at radius 2 is 1.21 bits per heavy atom. The monoisotopic (exact) mass is 243 g/mol. The van der Waals surface area contributed by atoms with E-state index in [0.29, 0.717) is 0 Å². The number of rotatable bonds is 2. The van der Waals surface area contributed by atoms with E-state index in [2.05, 4.69) is 73.7 Å². The zero-order chi connectivity index (χ0) is 13.1. The Balaban J connectivity index is 2.12. The van der Waals surface area contributed by atoms with Gasteiger partial charge in [0.15, 0.2) is 0 Å². The molecular formula is C19H15. The Morgan fingerprint density at radius 3 is 1.84 bits per heavy atom. The molecule has 0 aliphatic carbocycles. The lowest BCUT2D eigenvalue weighted by molar-refractivity contribution is 1.45. The fourth-order valence-corrected chi connectivity index (χ4v) is 2.29. The van der Waals surface area contributed by atoms with Crippen LogP contribution in [0.1, 0.15) is 5.56 Å². The van der Waals surface area contributed by atoms with Crippen molar-refractivity contribution in [3.63, 3.8) is 0 Å². The molecule has 0 amide bonds. The molecule has 0 spiro atoms. The highest BCUT2D eigenvalue weighted by atomic mass is 14.1. The molecule has 0 heterocycles. The van der Waals surface area contributed by atoms with Crippen LogP contribution in [0.5, 0.6) is 0 Å². The Labute approximate surface area is 114 Å². The third-order valence-electron chi connectivity index (χ3n) is 3.20. The molecule has 0 aliphatic rings. The molecule has 0 saturated heterocycles. The van der Waals surface area contributed by atoms with Gasteiger partial charge in [-0.15, -0.1) is 0 Å². The summed E-state index contributed by atoms with van der Waals surface area (Å²) in [6.07, 6.45) is 0. The van der Waals surface area contributed by atoms with Gasteiger partial charge in [0.05, 0.1) is 0 Å². The van der Waals surface area contributed by atoms with E-state index in [-0.39, 0.29) is 0 Å². The zero-order valence-corrected chi connectivity index (χ0v) is 10.9. The van der Waals surface area contributed by atoms with Crippen LogP contribution in [0.3, 0.4) is 0 Å².